The van der Waals surface area contributed by atoms with E-state index in [1.54, 1.807) is 17.1 Å². The molecule has 0 spiro atoms. The van der Waals surface area contributed by atoms with Crippen LogP contribution in [0.3, 0.4) is 0 Å². The Morgan fingerprint density at radius 3 is 2.21 bits per heavy atom. The minimum Gasteiger partial charge on any atom is -0.280 e. The van der Waals surface area contributed by atoms with Gasteiger partial charge in [0.15, 0.2) is 0 Å². The lowest BCUT2D eigenvalue weighted by Crippen LogP contribution is -2.17. The molecule has 0 aliphatic heterocycles. The summed E-state index contributed by atoms with van der Waals surface area (Å²) in [5.41, 5.74) is 8.04. The fourth-order valence-electron chi connectivity index (χ4n) is 0.784. The molecule has 0 aliphatic carbocycles. The predicted molar refractivity (Wildman–Crippen MR) is 54.4 cm³/mol. The number of likely N-dealkylation sites (N-methyl/N-ethyl adjacent to an activating group) is 1. The lowest BCUT2D eigenvalue weighted by Gasteiger charge is -2.12. The fraction of sp³-hybridized carbons (Fsp3) is 1.00. The van der Waals surface area contributed by atoms with Crippen LogP contribution < -0.4 is 0 Å². The fourth-order valence-corrected chi connectivity index (χ4v) is 0.784. The molecule has 14 heavy (non-hydrogen) atoms. The second kappa shape index (κ2) is 8.12. The van der Waals surface area contributed by atoms with Crippen LogP contribution in [0.2, 0.25) is 0 Å². The number of azide groups is 1. The molecule has 0 aromatic carbocycles. The summed E-state index contributed by atoms with van der Waals surface area (Å²) in [7, 11) is 3.66. The quantitative estimate of drug-likeness (QED) is 0.271. The van der Waals surface area contributed by atoms with Crippen molar-refractivity contribution in [2.45, 2.75) is 13.3 Å². The van der Waals surface area contributed by atoms with E-state index in [0.717, 1.165) is 13.0 Å². The van der Waals surface area contributed by atoms with Gasteiger partial charge in [0.25, 0.3) is 0 Å². The van der Waals surface area contributed by atoms with E-state index in [1.165, 1.54) is 0 Å². The third kappa shape index (κ3) is 7.17. The third-order valence-electron chi connectivity index (χ3n) is 1.48. The summed E-state index contributed by atoms with van der Waals surface area (Å²) in [4.78, 5) is 2.65. The van der Waals surface area contributed by atoms with Gasteiger partial charge in [-0.1, -0.05) is 22.5 Å². The Morgan fingerprint density at radius 2 is 1.71 bits per heavy atom. The summed E-state index contributed by atoms with van der Waals surface area (Å²) in [6.45, 7) is 3.95. The van der Waals surface area contributed by atoms with Crippen molar-refractivity contribution >= 4 is 0 Å². The highest BCUT2D eigenvalue weighted by molar-refractivity contribution is 4.49. The van der Waals surface area contributed by atoms with E-state index in [1.807, 2.05) is 7.05 Å². The van der Waals surface area contributed by atoms with E-state index in [-0.39, 0.29) is 0 Å². The molecule has 0 radical (unpaired) electrons. The van der Waals surface area contributed by atoms with Crippen LogP contribution in [0.1, 0.15) is 13.3 Å². The van der Waals surface area contributed by atoms with Crippen molar-refractivity contribution in [3.8, 4) is 0 Å². The zero-order chi connectivity index (χ0) is 10.8. The lowest BCUT2D eigenvalue weighted by molar-refractivity contribution is 0.253. The van der Waals surface area contributed by atoms with Crippen LogP contribution >= 0.6 is 0 Å². The molecule has 0 rings (SSSR count). The van der Waals surface area contributed by atoms with Gasteiger partial charge in [0.05, 0.1) is 0 Å². The number of nitrogens with zero attached hydrogens (tertiary/aromatic N) is 7. The van der Waals surface area contributed by atoms with E-state index in [4.69, 9.17) is 5.53 Å². The SMILES string of the molecule is CCCN(C)/N=N/N(C)CCN=[N+]=[N-]. The molecule has 0 N–H and O–H groups in total. The van der Waals surface area contributed by atoms with Crippen molar-refractivity contribution in [1.29, 1.82) is 0 Å². The lowest BCUT2D eigenvalue weighted by atomic mass is 10.5. The second-order valence-electron chi connectivity index (χ2n) is 2.90. The zero-order valence-corrected chi connectivity index (χ0v) is 8.96. The Labute approximate surface area is 84.0 Å². The number of hydrogen-bond acceptors (Lipinski definition) is 3. The average molecular weight is 199 g/mol. The molecule has 0 aromatic rings. The molecule has 80 valence electrons. The predicted octanol–water partition coefficient (Wildman–Crippen LogP) is 1.85. The van der Waals surface area contributed by atoms with Gasteiger partial charge in [-0.2, -0.15) is 0 Å². The minimum absolute atomic E-state index is 0.406. The van der Waals surface area contributed by atoms with Crippen molar-refractivity contribution in [2.24, 2.45) is 15.6 Å². The average Bonchev–Trinajstić information content (AvgIpc) is 2.16. The van der Waals surface area contributed by atoms with Crippen LogP contribution in [0.5, 0.6) is 0 Å². The Balaban J connectivity index is 3.68. The van der Waals surface area contributed by atoms with Crippen LogP contribution in [0.4, 0.5) is 0 Å². The van der Waals surface area contributed by atoms with Crippen molar-refractivity contribution in [3.05, 3.63) is 10.4 Å². The Morgan fingerprint density at radius 1 is 1.14 bits per heavy atom. The molecule has 0 fully saturated rings. The van der Waals surface area contributed by atoms with Crippen LogP contribution in [-0.2, 0) is 0 Å². The molecule has 7 heteroatoms. The van der Waals surface area contributed by atoms with E-state index in [0.29, 0.717) is 13.1 Å². The van der Waals surface area contributed by atoms with Crippen LogP contribution in [0.25, 0.3) is 10.4 Å². The first kappa shape index (κ1) is 12.5. The smallest absolute Gasteiger partial charge is 0.0451 e. The maximum Gasteiger partial charge on any atom is 0.0451 e. The van der Waals surface area contributed by atoms with Crippen molar-refractivity contribution in [3.63, 3.8) is 0 Å². The zero-order valence-electron chi connectivity index (χ0n) is 8.96. The van der Waals surface area contributed by atoms with E-state index >= 15 is 0 Å². The van der Waals surface area contributed by atoms with Gasteiger partial charge in [0.2, 0.25) is 0 Å². The summed E-state index contributed by atoms with van der Waals surface area (Å²) < 4.78 is 0. The van der Waals surface area contributed by atoms with Gasteiger partial charge in [-0.25, -0.2) is 0 Å². The highest BCUT2D eigenvalue weighted by atomic mass is 15.7. The standard InChI is InChI=1S/C7H17N7/c1-4-6-13(2)11-12-14(3)7-5-9-10-8/h4-7H2,1-3H3/b12-11+. The van der Waals surface area contributed by atoms with E-state index in [2.05, 4.69) is 27.4 Å². The molecular weight excluding hydrogens is 182 g/mol. The van der Waals surface area contributed by atoms with Gasteiger partial charge in [0, 0.05) is 38.6 Å². The Kier molecular flexibility index (Phi) is 7.26. The topological polar surface area (TPSA) is 80.0 Å². The molecule has 0 saturated carbocycles. The van der Waals surface area contributed by atoms with Gasteiger partial charge < -0.3 is 0 Å². The summed E-state index contributed by atoms with van der Waals surface area (Å²) >= 11 is 0. The summed E-state index contributed by atoms with van der Waals surface area (Å²) in [5.74, 6) is 0. The summed E-state index contributed by atoms with van der Waals surface area (Å²) in [5, 5.41) is 14.7. The molecule has 0 saturated heterocycles. The van der Waals surface area contributed by atoms with Crippen LogP contribution in [0.15, 0.2) is 15.6 Å². The van der Waals surface area contributed by atoms with Crippen LogP contribution in [0, 0.1) is 0 Å². The van der Waals surface area contributed by atoms with Crippen molar-refractivity contribution < 1.29 is 0 Å². The van der Waals surface area contributed by atoms with E-state index in [9.17, 15) is 0 Å². The molecule has 0 aliphatic rings. The summed E-state index contributed by atoms with van der Waals surface area (Å²) in [6, 6.07) is 0. The highest BCUT2D eigenvalue weighted by Crippen LogP contribution is 1.91. The van der Waals surface area contributed by atoms with Gasteiger partial charge in [-0.05, 0) is 12.0 Å². The molecular formula is C7H17N7. The molecule has 0 bridgehead atoms. The first-order valence-electron chi connectivity index (χ1n) is 4.55. The van der Waals surface area contributed by atoms with Crippen LogP contribution in [-0.4, -0.2) is 43.7 Å². The molecule has 0 atom stereocenters. The van der Waals surface area contributed by atoms with E-state index < -0.39 is 0 Å². The monoisotopic (exact) mass is 199 g/mol. The van der Waals surface area contributed by atoms with Crippen molar-refractivity contribution in [1.82, 2.24) is 10.0 Å². The first-order valence-corrected chi connectivity index (χ1v) is 4.55. The number of rotatable bonds is 7. The minimum atomic E-state index is 0.406. The summed E-state index contributed by atoms with van der Waals surface area (Å²) in [6.07, 6.45) is 1.04. The van der Waals surface area contributed by atoms with Gasteiger partial charge in [-0.3, -0.25) is 10.0 Å². The second-order valence-corrected chi connectivity index (χ2v) is 2.90. The largest absolute Gasteiger partial charge is 0.280 e. The maximum atomic E-state index is 8.04. The molecule has 0 unspecified atom stereocenters. The maximum absolute atomic E-state index is 8.04. The third-order valence-corrected chi connectivity index (χ3v) is 1.48. The number of hydrogen-bond donors (Lipinski definition) is 0. The van der Waals surface area contributed by atoms with Gasteiger partial charge >= 0.3 is 0 Å². The molecule has 7 nitrogen and oxygen atoms in total. The van der Waals surface area contributed by atoms with Gasteiger partial charge in [0.1, 0.15) is 0 Å². The van der Waals surface area contributed by atoms with Crippen molar-refractivity contribution in [2.75, 3.05) is 33.7 Å². The molecule has 0 aromatic heterocycles. The Hall–Kier alpha value is -1.49. The normalized spacial score (nSPS) is 9.93. The highest BCUT2D eigenvalue weighted by Gasteiger charge is 1.93. The first-order chi connectivity index (χ1) is 6.70. The molecule has 0 heterocycles. The molecule has 0 amide bonds. The van der Waals surface area contributed by atoms with Gasteiger partial charge in [-0.15, -0.1) is 0 Å². The Bertz CT molecular complexity index is 208.